The van der Waals surface area contributed by atoms with Crippen molar-refractivity contribution >= 4 is 175 Å². The summed E-state index contributed by atoms with van der Waals surface area (Å²) in [5.74, 6) is 0. The second-order valence-corrected chi connectivity index (χ2v) is 35.9. The van der Waals surface area contributed by atoms with Crippen molar-refractivity contribution in [1.82, 2.24) is 0 Å². The molecule has 0 saturated heterocycles. The predicted molar refractivity (Wildman–Crippen MR) is 364 cm³/mol. The Morgan fingerprint density at radius 2 is 0.818 bits per heavy atom. The van der Waals surface area contributed by atoms with Crippen molar-refractivity contribution in [3.8, 4) is 22.3 Å². The zero-order valence-corrected chi connectivity index (χ0v) is 59.0. The number of hydrogen-bond donors (Lipinski definition) is 3. The van der Waals surface area contributed by atoms with Gasteiger partial charge < -0.3 is 16.0 Å². The van der Waals surface area contributed by atoms with Gasteiger partial charge >= 0.3 is 0 Å². The van der Waals surface area contributed by atoms with Crippen LogP contribution >= 0.6 is 158 Å². The molecule has 66 heavy (non-hydrogen) atoms. The van der Waals surface area contributed by atoms with Crippen LogP contribution in [0.25, 0.3) is 22.3 Å². The molecule has 0 amide bonds. The Bertz CT molecular complexity index is 1850. The Labute approximate surface area is 527 Å². The monoisotopic (exact) mass is 1760 g/mol. The molecule has 3 N–H and O–H groups in total. The first-order chi connectivity index (χ1) is 30.6. The Balaban J connectivity index is -0.000000163. The molecule has 0 aromatic heterocycles. The van der Waals surface area contributed by atoms with E-state index in [9.17, 15) is 0 Å². The SMILES string of the molecule is C.CC.CC.CC.CC(I)I.CC(I)I.CCC(I)(I)I.CNc1[c-]cccc1.CNc1ccccc1-c1ccccc1.CNc1ccccc1-c1ccccc1C.Cc1ccccc1.[Y]. The molecule has 0 aliphatic heterocycles. The quantitative estimate of drug-likeness (QED) is 0.0884. The molecule has 0 saturated carbocycles. The summed E-state index contributed by atoms with van der Waals surface area (Å²) < 4.78 is 2.00. The maximum absolute atomic E-state index is 3.22. The van der Waals surface area contributed by atoms with Crippen LogP contribution in [-0.2, 0) is 32.7 Å². The number of rotatable bonds is 6. The Morgan fingerprint density at radius 3 is 1.14 bits per heavy atom. The molecule has 0 atom stereocenters. The van der Waals surface area contributed by atoms with E-state index in [0.717, 1.165) is 9.55 Å². The summed E-state index contributed by atoms with van der Waals surface area (Å²) in [7, 11) is 5.78. The average Bonchev–Trinajstić information content (AvgIpc) is 3.32. The van der Waals surface area contributed by atoms with Crippen LogP contribution in [0.4, 0.5) is 17.1 Å². The van der Waals surface area contributed by atoms with Crippen molar-refractivity contribution in [2.24, 2.45) is 0 Å². The fourth-order valence-electron chi connectivity index (χ4n) is 4.46. The van der Waals surface area contributed by atoms with Gasteiger partial charge in [-0.15, -0.1) is 6.07 Å². The molecule has 3 nitrogen and oxygen atoms in total. The van der Waals surface area contributed by atoms with Gasteiger partial charge in [0, 0.05) is 76.4 Å². The first-order valence-corrected chi connectivity index (χ1v) is 29.8. The van der Waals surface area contributed by atoms with Crippen molar-refractivity contribution in [3.05, 3.63) is 175 Å². The molecule has 0 aliphatic rings. The maximum atomic E-state index is 3.22. The smallest absolute Gasteiger partial charge is 0.124 e. The summed E-state index contributed by atoms with van der Waals surface area (Å²) in [6.45, 7) is 22.7. The van der Waals surface area contributed by atoms with E-state index in [2.05, 4.69) is 312 Å². The van der Waals surface area contributed by atoms with E-state index < -0.39 is 0 Å². The van der Waals surface area contributed by atoms with Gasteiger partial charge in [-0.3, -0.25) is 0 Å². The molecule has 0 spiro atoms. The van der Waals surface area contributed by atoms with Gasteiger partial charge in [0.2, 0.25) is 0 Å². The number of nitrogens with one attached hydrogen (secondary N) is 3. The zero-order chi connectivity index (χ0) is 49.8. The van der Waals surface area contributed by atoms with Gasteiger partial charge in [-0.2, -0.15) is 24.3 Å². The summed E-state index contributed by atoms with van der Waals surface area (Å²) in [4.78, 5) is 0. The van der Waals surface area contributed by atoms with Crippen LogP contribution in [0.15, 0.2) is 158 Å². The van der Waals surface area contributed by atoms with Gasteiger partial charge in [0.05, 0.1) is 3.86 Å². The van der Waals surface area contributed by atoms with Crippen LogP contribution in [-0.4, -0.2) is 24.4 Å². The molecule has 1 radical (unpaired) electrons. The molecule has 0 heterocycles. The summed E-state index contributed by atoms with van der Waals surface area (Å²) in [6.07, 6.45) is 1.23. The van der Waals surface area contributed by atoms with E-state index >= 15 is 0 Å². The van der Waals surface area contributed by atoms with Crippen LogP contribution in [0.2, 0.25) is 0 Å². The van der Waals surface area contributed by atoms with Crippen molar-refractivity contribution < 1.29 is 32.7 Å². The van der Waals surface area contributed by atoms with Crippen LogP contribution in [0, 0.1) is 19.9 Å². The van der Waals surface area contributed by atoms with Gasteiger partial charge in [-0.05, 0) is 62.9 Å². The topological polar surface area (TPSA) is 36.1 Å². The summed E-state index contributed by atoms with van der Waals surface area (Å²) >= 11 is 16.6. The molecule has 11 heteroatoms. The van der Waals surface area contributed by atoms with Gasteiger partial charge in [-0.1, -0.05) is 347 Å². The predicted octanol–water partition coefficient (Wildman–Crippen LogP) is 22.1. The van der Waals surface area contributed by atoms with E-state index in [1.54, 1.807) is 0 Å². The van der Waals surface area contributed by atoms with Crippen molar-refractivity contribution in [3.63, 3.8) is 0 Å². The van der Waals surface area contributed by atoms with E-state index in [1.807, 2.05) is 123 Å². The molecular formula is C55H79I7N3Y-. The van der Waals surface area contributed by atoms with Crippen LogP contribution in [0.1, 0.15) is 87.3 Å². The first-order valence-electron chi connectivity index (χ1n) is 21.5. The maximum Gasteiger partial charge on any atom is 0.124 e. The molecule has 0 bridgehead atoms. The number of halogens is 7. The zero-order valence-electron chi connectivity index (χ0n) is 41.1. The van der Waals surface area contributed by atoms with E-state index in [-0.39, 0.29) is 40.1 Å². The molecule has 0 aliphatic carbocycles. The number of anilines is 3. The second kappa shape index (κ2) is 55.3. The van der Waals surface area contributed by atoms with E-state index in [1.165, 1.54) is 51.2 Å². The average molecular weight is 1760 g/mol. The van der Waals surface area contributed by atoms with Crippen LogP contribution in [0.5, 0.6) is 0 Å². The number of alkyl halides is 7. The molecule has 0 fully saturated rings. The van der Waals surface area contributed by atoms with Crippen molar-refractivity contribution in [2.45, 2.75) is 93.3 Å². The van der Waals surface area contributed by atoms with Gasteiger partial charge in [0.1, 0.15) is -0.565 Å². The minimum absolute atomic E-state index is 0. The Kier molecular flexibility index (Phi) is 65.6. The minimum Gasteiger partial charge on any atom is -0.410 e. The van der Waals surface area contributed by atoms with Crippen LogP contribution < -0.4 is 16.0 Å². The number of aryl methyl sites for hydroxylation is 2. The fraction of sp³-hybridized carbons (Fsp3) is 0.345. The Morgan fingerprint density at radius 1 is 0.485 bits per heavy atom. The van der Waals surface area contributed by atoms with Gasteiger partial charge in [0.25, 0.3) is 0 Å². The summed E-state index contributed by atoms with van der Waals surface area (Å²) in [6, 6.07) is 56.6. The standard InChI is InChI=1S/C14H15N.C13H13N.C7H8N.C7H8.C3H5I3.2C2H4I2.3C2H6.CH4.Y/c1-11-7-3-4-8-12(11)13-9-5-6-10-14(13)15-2;1-14-13-10-6-5-9-12(13)11-7-3-2-4-8-11;1-8-7-5-3-2-4-6-7;1-7-5-3-2-4-6-7;1-2-3(4,5)6;2*1-2(3)4;3*1-2;;/h3-10,15H,1-2H3;2-10,14H,1H3;2-5,8H,1H3;2-6H,1H3;2H2,1H3;2*2H,1H3;3*1-2H3;1H4;/q;;-1;;;;;;;;;. The molecule has 6 aromatic carbocycles. The Hall–Kier alpha value is 0.934. The largest absolute Gasteiger partial charge is 0.410 e. The fourth-order valence-corrected chi connectivity index (χ4v) is 4.46. The minimum atomic E-state index is 0. The van der Waals surface area contributed by atoms with Crippen LogP contribution in [0.3, 0.4) is 0 Å². The summed E-state index contributed by atoms with van der Waals surface area (Å²) in [5.41, 5.74) is 11.1. The van der Waals surface area contributed by atoms with Crippen molar-refractivity contribution in [1.29, 1.82) is 0 Å². The van der Waals surface area contributed by atoms with Gasteiger partial charge in [0.15, 0.2) is 0 Å². The number of benzene rings is 6. The molecule has 6 aromatic rings. The summed E-state index contributed by atoms with van der Waals surface area (Å²) in [5, 5.41) is 9.39. The number of para-hydroxylation sites is 3. The third-order valence-corrected chi connectivity index (χ3v) is 9.52. The molecular weight excluding hydrogens is 1680 g/mol. The molecule has 6 rings (SSSR count). The third-order valence-electron chi connectivity index (χ3n) is 7.23. The van der Waals surface area contributed by atoms with Crippen molar-refractivity contribution in [2.75, 3.05) is 37.1 Å². The normalized spacial score (nSPS) is 8.77. The molecule has 0 unspecified atom stereocenters. The van der Waals surface area contributed by atoms with Gasteiger partial charge in [-0.25, -0.2) is 0 Å². The third kappa shape index (κ3) is 47.3. The second-order valence-electron chi connectivity index (χ2n) is 12.0. The molecule has 367 valence electrons. The number of hydrogen-bond acceptors (Lipinski definition) is 3. The first kappa shape index (κ1) is 78.4. The van der Waals surface area contributed by atoms with E-state index in [4.69, 9.17) is 0 Å². The van der Waals surface area contributed by atoms with E-state index in [0.29, 0.717) is -0.565 Å².